The van der Waals surface area contributed by atoms with Crippen molar-refractivity contribution in [3.8, 4) is 17.2 Å². The minimum absolute atomic E-state index is 0.0638. The van der Waals surface area contributed by atoms with Gasteiger partial charge in [-0.25, -0.2) is 26.9 Å². The SMILES string of the molecule is COc1ccc(CN2CCN(C3CC4(CCN(c5cc(Oc6cnc7[nH]cc(F)c7c6)c(C(=O)NS(=O)(=O)c6ccc(NC[C@H]7CC[C@](C)(O)CC7)c(N)c6)cc5F)CC4)C3)C(c3ccccc3C(C)C)C2)cc1. The lowest BCUT2D eigenvalue weighted by Gasteiger charge is -2.58. The molecule has 4 heterocycles. The summed E-state index contributed by atoms with van der Waals surface area (Å²) in [5, 5.41) is 13.8. The zero-order valence-electron chi connectivity index (χ0n) is 42.7. The van der Waals surface area contributed by atoms with E-state index in [9.17, 15) is 22.7 Å². The van der Waals surface area contributed by atoms with Gasteiger partial charge >= 0.3 is 0 Å². The molecule has 2 aliphatic heterocycles. The van der Waals surface area contributed by atoms with Crippen molar-refractivity contribution < 1.29 is 36.6 Å². The van der Waals surface area contributed by atoms with E-state index in [1.54, 1.807) is 13.2 Å². The Labute approximate surface area is 432 Å². The van der Waals surface area contributed by atoms with E-state index in [1.165, 1.54) is 53.3 Å². The zero-order chi connectivity index (χ0) is 51.9. The molecule has 4 aromatic carbocycles. The molecule has 6 aromatic rings. The number of ether oxygens (including phenoxy) is 2. The molecule has 2 aliphatic carbocycles. The smallest absolute Gasteiger partial charge is 0.268 e. The lowest BCUT2D eigenvalue weighted by Crippen LogP contribution is -2.60. The van der Waals surface area contributed by atoms with E-state index in [-0.39, 0.29) is 55.8 Å². The fourth-order valence-electron chi connectivity index (χ4n) is 11.9. The van der Waals surface area contributed by atoms with Crippen LogP contribution >= 0.6 is 0 Å². The number of hydrogen-bond donors (Lipinski definition) is 5. The van der Waals surface area contributed by atoms with E-state index in [2.05, 4.69) is 80.1 Å². The van der Waals surface area contributed by atoms with Crippen molar-refractivity contribution in [2.24, 2.45) is 11.3 Å². The van der Waals surface area contributed by atoms with E-state index in [0.29, 0.717) is 56.0 Å². The van der Waals surface area contributed by atoms with Gasteiger partial charge in [-0.15, -0.1) is 0 Å². The predicted molar refractivity (Wildman–Crippen MR) is 284 cm³/mol. The van der Waals surface area contributed by atoms with Gasteiger partial charge in [0.05, 0.1) is 51.8 Å². The molecule has 1 unspecified atom stereocenters. The molecule has 4 fully saturated rings. The fourth-order valence-corrected chi connectivity index (χ4v) is 12.9. The van der Waals surface area contributed by atoms with Crippen LogP contribution in [0, 0.1) is 23.0 Å². The molecule has 0 radical (unpaired) electrons. The van der Waals surface area contributed by atoms with Gasteiger partial charge in [-0.1, -0.05) is 50.2 Å². The highest BCUT2D eigenvalue weighted by atomic mass is 32.2. The van der Waals surface area contributed by atoms with Crippen LogP contribution in [0.1, 0.15) is 111 Å². The van der Waals surface area contributed by atoms with E-state index in [1.807, 2.05) is 24.0 Å². The van der Waals surface area contributed by atoms with Crippen LogP contribution in [-0.4, -0.2) is 97.2 Å². The van der Waals surface area contributed by atoms with Crippen molar-refractivity contribution >= 4 is 44.0 Å². The third kappa shape index (κ3) is 10.9. The summed E-state index contributed by atoms with van der Waals surface area (Å²) in [6.45, 7) is 11.8. The molecular formula is C57H68F2N8O6S. The number of nitrogens with zero attached hydrogens (tertiary/aromatic N) is 4. The number of rotatable bonds is 15. The molecule has 2 aromatic heterocycles. The van der Waals surface area contributed by atoms with Crippen LogP contribution in [0.4, 0.5) is 25.8 Å². The average molecular weight is 1030 g/mol. The number of sulfonamides is 1. The number of fused-ring (bicyclic) bond motifs is 1. The van der Waals surface area contributed by atoms with Gasteiger partial charge in [0.1, 0.15) is 34.5 Å². The molecule has 74 heavy (non-hydrogen) atoms. The van der Waals surface area contributed by atoms with Crippen LogP contribution in [0.3, 0.4) is 0 Å². The number of methoxy groups -OCH3 is 1. The van der Waals surface area contributed by atoms with Gasteiger partial charge in [-0.3, -0.25) is 14.6 Å². The van der Waals surface area contributed by atoms with Crippen LogP contribution in [0.25, 0.3) is 11.0 Å². The Hall–Kier alpha value is -6.27. The van der Waals surface area contributed by atoms with Crippen LogP contribution in [0.2, 0.25) is 0 Å². The molecule has 2 saturated heterocycles. The van der Waals surface area contributed by atoms with Crippen LogP contribution < -0.4 is 30.1 Å². The number of amides is 1. The molecule has 1 spiro atoms. The topological polar surface area (TPSA) is 178 Å². The number of nitrogen functional groups attached to an aromatic ring is 1. The summed E-state index contributed by atoms with van der Waals surface area (Å²) in [5.74, 6) is -0.908. The standard InChI is InChI=1S/C57H68F2N8O6S/c1-36(2)43-7-5-6-8-44(43)52-35-65(34-38-9-11-40(72-4)12-10-38)23-24-67(52)39-29-57(30-39)19-21-66(22-20-57)51-28-53(73-41-25-45-48(59)33-63-54(45)62-32-41)46(27-47(51)58)55(68)64-74(70,71)42-13-14-50(49(60)26-42)61-31-37-15-17-56(3,69)18-16-37/h5-14,25-28,32-33,36-37,39,52,61,69H,15-24,29-31,34-35,60H2,1-4H3,(H,62,63)(H,64,68)/t37-,52?,56-. The third-order valence-corrected chi connectivity index (χ3v) is 17.6. The number of piperazine rings is 1. The zero-order valence-corrected chi connectivity index (χ0v) is 43.5. The number of pyridine rings is 1. The Kier molecular flexibility index (Phi) is 14.4. The van der Waals surface area contributed by atoms with Gasteiger partial charge in [0.15, 0.2) is 0 Å². The Morgan fingerprint density at radius 1 is 0.932 bits per heavy atom. The lowest BCUT2D eigenvalue weighted by atomic mass is 9.59. The number of carbonyl (C=O) groups is 1. The molecule has 6 N–H and O–H groups in total. The number of aliphatic hydroxyl groups is 1. The second kappa shape index (κ2) is 20.8. The van der Waals surface area contributed by atoms with E-state index in [0.717, 1.165) is 76.5 Å². The number of anilines is 3. The number of nitrogens with two attached hydrogens (primary N) is 1. The Bertz CT molecular complexity index is 3110. The Morgan fingerprint density at radius 3 is 2.39 bits per heavy atom. The van der Waals surface area contributed by atoms with Gasteiger partial charge in [-0.05, 0) is 135 Å². The highest BCUT2D eigenvalue weighted by molar-refractivity contribution is 7.90. The summed E-state index contributed by atoms with van der Waals surface area (Å²) in [6.07, 6.45) is 9.40. The Balaban J connectivity index is 0.839. The van der Waals surface area contributed by atoms with E-state index >= 15 is 4.39 Å². The second-order valence-corrected chi connectivity index (χ2v) is 23.5. The number of nitrogens with one attached hydrogen (secondary N) is 3. The number of H-pyrrole nitrogens is 1. The quantitative estimate of drug-likeness (QED) is 0.0616. The average Bonchev–Trinajstić information content (AvgIpc) is 3.75. The predicted octanol–water partition coefficient (Wildman–Crippen LogP) is 10.1. The first-order valence-corrected chi connectivity index (χ1v) is 27.5. The maximum Gasteiger partial charge on any atom is 0.268 e. The van der Waals surface area contributed by atoms with Crippen molar-refractivity contribution in [2.45, 2.75) is 107 Å². The van der Waals surface area contributed by atoms with Crippen LogP contribution in [0.15, 0.2) is 102 Å². The van der Waals surface area contributed by atoms with Gasteiger partial charge < -0.3 is 35.5 Å². The lowest BCUT2D eigenvalue weighted by molar-refractivity contribution is -0.0628. The molecule has 2 saturated carbocycles. The molecule has 4 aliphatic rings. The molecule has 1 atom stereocenters. The van der Waals surface area contributed by atoms with Crippen molar-refractivity contribution in [3.05, 3.63) is 131 Å². The van der Waals surface area contributed by atoms with Crippen molar-refractivity contribution in [3.63, 3.8) is 0 Å². The minimum atomic E-state index is -4.52. The van der Waals surface area contributed by atoms with E-state index < -0.39 is 33.2 Å². The summed E-state index contributed by atoms with van der Waals surface area (Å²) in [4.78, 5) is 28.1. The number of aromatic nitrogens is 2. The van der Waals surface area contributed by atoms with Crippen molar-refractivity contribution in [2.75, 3.05) is 62.3 Å². The number of aromatic amines is 1. The molecule has 17 heteroatoms. The largest absolute Gasteiger partial charge is 0.497 e. The number of benzene rings is 4. The minimum Gasteiger partial charge on any atom is -0.497 e. The normalized spacial score (nSPS) is 21.7. The molecule has 10 rings (SSSR count). The van der Waals surface area contributed by atoms with Crippen LogP contribution in [0.5, 0.6) is 17.2 Å². The maximum absolute atomic E-state index is 16.6. The molecule has 14 nitrogen and oxygen atoms in total. The number of piperidine rings is 1. The molecule has 392 valence electrons. The monoisotopic (exact) mass is 1030 g/mol. The van der Waals surface area contributed by atoms with E-state index in [4.69, 9.17) is 15.2 Å². The maximum atomic E-state index is 16.6. The highest BCUT2D eigenvalue weighted by Gasteiger charge is 2.50. The van der Waals surface area contributed by atoms with Gasteiger partial charge in [-0.2, -0.15) is 0 Å². The summed E-state index contributed by atoms with van der Waals surface area (Å²) in [7, 11) is -2.83. The van der Waals surface area contributed by atoms with Gasteiger partial charge in [0.25, 0.3) is 15.9 Å². The summed E-state index contributed by atoms with van der Waals surface area (Å²) >= 11 is 0. The summed E-state index contributed by atoms with van der Waals surface area (Å²) < 4.78 is 72.6. The highest BCUT2D eigenvalue weighted by Crippen LogP contribution is 2.54. The molecule has 1 amide bonds. The van der Waals surface area contributed by atoms with Gasteiger partial charge in [0, 0.05) is 70.2 Å². The van der Waals surface area contributed by atoms with Gasteiger partial charge in [0.2, 0.25) is 0 Å². The number of hydrogen-bond acceptors (Lipinski definition) is 12. The molecular weight excluding hydrogens is 963 g/mol. The fraction of sp³-hybridized carbons (Fsp3) is 0.439. The summed E-state index contributed by atoms with van der Waals surface area (Å²) in [5.41, 5.74) is 10.6. The first-order valence-electron chi connectivity index (χ1n) is 26.0. The second-order valence-electron chi connectivity index (χ2n) is 21.8. The third-order valence-electron chi connectivity index (χ3n) is 16.3. The molecule has 0 bridgehead atoms. The number of carbonyl (C=O) groups excluding carboxylic acids is 1. The van der Waals surface area contributed by atoms with Crippen molar-refractivity contribution in [1.82, 2.24) is 24.5 Å². The number of halogens is 2. The first-order chi connectivity index (χ1) is 35.4. The Morgan fingerprint density at radius 2 is 1.68 bits per heavy atom. The first kappa shape index (κ1) is 51.2. The van der Waals surface area contributed by atoms with Crippen molar-refractivity contribution in [1.29, 1.82) is 0 Å². The summed E-state index contributed by atoms with van der Waals surface area (Å²) in [6, 6.07) is 25.9. The van der Waals surface area contributed by atoms with Crippen LogP contribution in [-0.2, 0) is 16.6 Å².